The van der Waals surface area contributed by atoms with E-state index in [0.717, 1.165) is 6.54 Å². The highest BCUT2D eigenvalue weighted by Gasteiger charge is 2.38. The van der Waals surface area contributed by atoms with Crippen LogP contribution in [0.25, 0.3) is 0 Å². The maximum absolute atomic E-state index is 3.63. The van der Waals surface area contributed by atoms with Gasteiger partial charge in [0.05, 0.1) is 0 Å². The van der Waals surface area contributed by atoms with Crippen LogP contribution in [-0.4, -0.2) is 12.6 Å². The summed E-state index contributed by atoms with van der Waals surface area (Å²) in [6.07, 6.45) is 5.28. The van der Waals surface area contributed by atoms with E-state index in [2.05, 4.69) is 67.6 Å². The zero-order valence-corrected chi connectivity index (χ0v) is 15.1. The van der Waals surface area contributed by atoms with Crippen molar-refractivity contribution in [3.63, 3.8) is 0 Å². The van der Waals surface area contributed by atoms with Crippen LogP contribution in [0.2, 0.25) is 0 Å². The van der Waals surface area contributed by atoms with Crippen LogP contribution < -0.4 is 5.32 Å². The predicted molar refractivity (Wildman–Crippen MR) is 88.6 cm³/mol. The van der Waals surface area contributed by atoms with Crippen molar-refractivity contribution >= 4 is 0 Å². The van der Waals surface area contributed by atoms with Crippen molar-refractivity contribution in [1.82, 2.24) is 5.32 Å². The van der Waals surface area contributed by atoms with Crippen molar-refractivity contribution in [2.75, 3.05) is 6.54 Å². The summed E-state index contributed by atoms with van der Waals surface area (Å²) in [5.74, 6) is 0. The van der Waals surface area contributed by atoms with Crippen LogP contribution in [0.1, 0.15) is 88.0 Å². The molecule has 0 aliphatic carbocycles. The summed E-state index contributed by atoms with van der Waals surface area (Å²) in [6.45, 7) is 22.3. The van der Waals surface area contributed by atoms with E-state index in [-0.39, 0.29) is 0 Å². The molecule has 0 saturated heterocycles. The molecular weight excluding hydrogens is 230 g/mol. The Morgan fingerprint density at radius 1 is 0.895 bits per heavy atom. The highest BCUT2D eigenvalue weighted by molar-refractivity contribution is 4.90. The second kappa shape index (κ2) is 7.11. The fourth-order valence-electron chi connectivity index (χ4n) is 2.68. The Balaban J connectivity index is 4.55. The molecule has 0 radical (unpaired) electrons. The number of hydrogen-bond acceptors (Lipinski definition) is 1. The van der Waals surface area contributed by atoms with Gasteiger partial charge in [0.1, 0.15) is 0 Å². The van der Waals surface area contributed by atoms with Crippen LogP contribution in [0.4, 0.5) is 0 Å². The van der Waals surface area contributed by atoms with Crippen molar-refractivity contribution in [1.29, 1.82) is 0 Å². The van der Waals surface area contributed by atoms with Crippen LogP contribution in [0.15, 0.2) is 0 Å². The van der Waals surface area contributed by atoms with Crippen LogP contribution in [0, 0.1) is 16.2 Å². The van der Waals surface area contributed by atoms with E-state index >= 15 is 0 Å². The molecule has 0 saturated carbocycles. The number of rotatable bonds is 8. The summed E-state index contributed by atoms with van der Waals surface area (Å²) in [5, 5.41) is 3.63. The van der Waals surface area contributed by atoms with E-state index in [4.69, 9.17) is 0 Å². The molecule has 0 rings (SSSR count). The van der Waals surface area contributed by atoms with Gasteiger partial charge in [-0.3, -0.25) is 0 Å². The van der Waals surface area contributed by atoms with Gasteiger partial charge in [-0.25, -0.2) is 0 Å². The molecule has 1 atom stereocenters. The normalized spacial score (nSPS) is 16.7. The summed E-state index contributed by atoms with van der Waals surface area (Å²) in [5.41, 5.74) is 1.25. The first kappa shape index (κ1) is 19.0. The largest absolute Gasteiger partial charge is 0.314 e. The number of nitrogens with one attached hydrogen (secondary N) is 1. The van der Waals surface area contributed by atoms with E-state index in [1.807, 2.05) is 0 Å². The molecule has 1 nitrogen and oxygen atoms in total. The lowest BCUT2D eigenvalue weighted by Crippen LogP contribution is -2.44. The second-order valence-corrected chi connectivity index (χ2v) is 8.75. The molecular formula is C18H39N. The molecule has 0 fully saturated rings. The molecule has 0 aromatic heterocycles. The Kier molecular flexibility index (Phi) is 7.09. The number of hydrogen-bond donors (Lipinski definition) is 1. The first-order valence-corrected chi connectivity index (χ1v) is 8.17. The SMILES string of the molecule is CCC(C)(CCCC(C)(C)C)C(C)(C)CNC(C)C. The quantitative estimate of drug-likeness (QED) is 0.601. The van der Waals surface area contributed by atoms with Gasteiger partial charge in [-0.1, -0.05) is 75.2 Å². The summed E-state index contributed by atoms with van der Waals surface area (Å²) in [6, 6.07) is 0.579. The smallest absolute Gasteiger partial charge is 0.00106 e. The van der Waals surface area contributed by atoms with Gasteiger partial charge in [-0.15, -0.1) is 0 Å². The Morgan fingerprint density at radius 2 is 1.42 bits per heavy atom. The van der Waals surface area contributed by atoms with Gasteiger partial charge in [-0.2, -0.15) is 0 Å². The minimum absolute atomic E-state index is 0.351. The molecule has 0 aromatic carbocycles. The zero-order chi connectivity index (χ0) is 15.3. The summed E-state index contributed by atoms with van der Waals surface area (Å²) in [7, 11) is 0. The standard InChI is InChI=1S/C18H39N/c1-10-18(9,13-11-12-16(4,5)6)17(7,8)14-19-15(2)3/h15,19H,10-14H2,1-9H3. The monoisotopic (exact) mass is 269 g/mol. The third-order valence-corrected chi connectivity index (χ3v) is 5.02. The predicted octanol–water partition coefficient (Wildman–Crippen LogP) is 5.64. The van der Waals surface area contributed by atoms with Crippen molar-refractivity contribution in [3.8, 4) is 0 Å². The minimum Gasteiger partial charge on any atom is -0.314 e. The van der Waals surface area contributed by atoms with Gasteiger partial charge >= 0.3 is 0 Å². The van der Waals surface area contributed by atoms with E-state index < -0.39 is 0 Å². The van der Waals surface area contributed by atoms with E-state index in [9.17, 15) is 0 Å². The van der Waals surface area contributed by atoms with E-state index in [1.54, 1.807) is 0 Å². The lowest BCUT2D eigenvalue weighted by molar-refractivity contribution is 0.0633. The van der Waals surface area contributed by atoms with Gasteiger partial charge in [0, 0.05) is 12.6 Å². The Hall–Kier alpha value is -0.0400. The average Bonchev–Trinajstić information content (AvgIpc) is 2.24. The summed E-state index contributed by atoms with van der Waals surface area (Å²) in [4.78, 5) is 0. The molecule has 0 aliphatic heterocycles. The van der Waals surface area contributed by atoms with Crippen molar-refractivity contribution < 1.29 is 0 Å². The molecule has 1 heteroatoms. The highest BCUT2D eigenvalue weighted by Crippen LogP contribution is 2.45. The third-order valence-electron chi connectivity index (χ3n) is 5.02. The fourth-order valence-corrected chi connectivity index (χ4v) is 2.68. The fraction of sp³-hybridized carbons (Fsp3) is 1.00. The van der Waals surface area contributed by atoms with Crippen molar-refractivity contribution in [2.24, 2.45) is 16.2 Å². The highest BCUT2D eigenvalue weighted by atomic mass is 14.9. The molecule has 0 heterocycles. The first-order chi connectivity index (χ1) is 8.43. The molecule has 1 N–H and O–H groups in total. The van der Waals surface area contributed by atoms with Gasteiger partial charge in [-0.05, 0) is 29.1 Å². The van der Waals surface area contributed by atoms with Gasteiger partial charge < -0.3 is 5.32 Å². The molecule has 0 amide bonds. The van der Waals surface area contributed by atoms with Crippen LogP contribution in [0.5, 0.6) is 0 Å². The van der Waals surface area contributed by atoms with Crippen LogP contribution in [-0.2, 0) is 0 Å². The Labute approximate surface area is 122 Å². The first-order valence-electron chi connectivity index (χ1n) is 8.17. The zero-order valence-electron chi connectivity index (χ0n) is 15.1. The Bertz CT molecular complexity index is 247. The van der Waals surface area contributed by atoms with Gasteiger partial charge in [0.2, 0.25) is 0 Å². The molecule has 0 aliphatic rings. The lowest BCUT2D eigenvalue weighted by atomic mass is 9.62. The maximum Gasteiger partial charge on any atom is 0.00106 e. The van der Waals surface area contributed by atoms with E-state index in [0.29, 0.717) is 22.3 Å². The molecule has 0 bridgehead atoms. The minimum atomic E-state index is 0.351. The molecule has 19 heavy (non-hydrogen) atoms. The molecule has 1 unspecified atom stereocenters. The second-order valence-electron chi connectivity index (χ2n) is 8.75. The van der Waals surface area contributed by atoms with Gasteiger partial charge in [0.15, 0.2) is 0 Å². The molecule has 0 spiro atoms. The molecule has 116 valence electrons. The Morgan fingerprint density at radius 3 is 1.79 bits per heavy atom. The lowest BCUT2D eigenvalue weighted by Gasteiger charge is -2.45. The van der Waals surface area contributed by atoms with Crippen LogP contribution in [0.3, 0.4) is 0 Å². The van der Waals surface area contributed by atoms with E-state index in [1.165, 1.54) is 25.7 Å². The maximum atomic E-state index is 3.63. The summed E-state index contributed by atoms with van der Waals surface area (Å²) >= 11 is 0. The van der Waals surface area contributed by atoms with Crippen LogP contribution >= 0.6 is 0 Å². The van der Waals surface area contributed by atoms with Crippen molar-refractivity contribution in [3.05, 3.63) is 0 Å². The topological polar surface area (TPSA) is 12.0 Å². The summed E-state index contributed by atoms with van der Waals surface area (Å²) < 4.78 is 0. The van der Waals surface area contributed by atoms with Gasteiger partial charge in [0.25, 0.3) is 0 Å². The molecule has 0 aromatic rings. The average molecular weight is 270 g/mol. The van der Waals surface area contributed by atoms with Crippen molar-refractivity contribution in [2.45, 2.75) is 94.0 Å². The third kappa shape index (κ3) is 6.79.